The summed E-state index contributed by atoms with van der Waals surface area (Å²) >= 11 is 0. The number of nitrogens with zero attached hydrogens (tertiary/aromatic N) is 1. The van der Waals surface area contributed by atoms with Gasteiger partial charge in [0.25, 0.3) is 0 Å². The summed E-state index contributed by atoms with van der Waals surface area (Å²) in [6.07, 6.45) is 2.96. The molecule has 0 radical (unpaired) electrons. The minimum absolute atomic E-state index is 0.182. The first-order valence-electron chi connectivity index (χ1n) is 7.65. The van der Waals surface area contributed by atoms with Crippen LogP contribution in [0.3, 0.4) is 0 Å². The van der Waals surface area contributed by atoms with E-state index in [2.05, 4.69) is 10.2 Å². The van der Waals surface area contributed by atoms with Crippen molar-refractivity contribution in [2.45, 2.75) is 31.6 Å². The summed E-state index contributed by atoms with van der Waals surface area (Å²) in [6.45, 7) is 3.90. The molecule has 2 fully saturated rings. The van der Waals surface area contributed by atoms with Gasteiger partial charge in [-0.25, -0.2) is 4.39 Å². The minimum atomic E-state index is -0.182. The Bertz CT molecular complexity index is 471. The molecule has 4 nitrogen and oxygen atoms in total. The molecule has 1 N–H and O–H groups in total. The van der Waals surface area contributed by atoms with Gasteiger partial charge < -0.3 is 19.7 Å². The van der Waals surface area contributed by atoms with Crippen LogP contribution in [-0.4, -0.2) is 45.6 Å². The van der Waals surface area contributed by atoms with Crippen molar-refractivity contribution in [2.75, 3.05) is 38.3 Å². The largest absolute Gasteiger partial charge is 0.383 e. The first kappa shape index (κ1) is 14.8. The molecule has 2 aliphatic heterocycles. The van der Waals surface area contributed by atoms with Crippen molar-refractivity contribution in [3.8, 4) is 0 Å². The maximum atomic E-state index is 13.6. The highest BCUT2D eigenvalue weighted by Crippen LogP contribution is 2.31. The van der Waals surface area contributed by atoms with Gasteiger partial charge in [-0.15, -0.1) is 0 Å². The lowest BCUT2D eigenvalue weighted by Crippen LogP contribution is -2.43. The van der Waals surface area contributed by atoms with Crippen LogP contribution in [0.2, 0.25) is 0 Å². The monoisotopic (exact) mass is 294 g/mol. The summed E-state index contributed by atoms with van der Waals surface area (Å²) in [5, 5.41) is 3.30. The third kappa shape index (κ3) is 3.54. The van der Waals surface area contributed by atoms with Gasteiger partial charge in [0, 0.05) is 39.0 Å². The Morgan fingerprint density at radius 2 is 2.10 bits per heavy atom. The average Bonchev–Trinajstić information content (AvgIpc) is 2.82. The summed E-state index contributed by atoms with van der Waals surface area (Å²) in [6, 6.07) is 5.07. The number of ether oxygens (including phenoxy) is 2. The zero-order chi connectivity index (χ0) is 14.7. The number of hydrogen-bond acceptors (Lipinski definition) is 4. The molecule has 2 atom stereocenters. The van der Waals surface area contributed by atoms with Crippen LogP contribution < -0.4 is 10.2 Å². The van der Waals surface area contributed by atoms with E-state index >= 15 is 0 Å². The lowest BCUT2D eigenvalue weighted by atomic mass is 10.1. The molecule has 1 aromatic carbocycles. The van der Waals surface area contributed by atoms with Gasteiger partial charge in [0.1, 0.15) is 5.82 Å². The van der Waals surface area contributed by atoms with E-state index in [1.807, 2.05) is 6.07 Å². The maximum Gasteiger partial charge on any atom is 0.123 e. The van der Waals surface area contributed by atoms with Crippen molar-refractivity contribution < 1.29 is 13.9 Å². The second-order valence-electron chi connectivity index (χ2n) is 5.81. The van der Waals surface area contributed by atoms with Gasteiger partial charge >= 0.3 is 0 Å². The first-order chi connectivity index (χ1) is 10.3. The fraction of sp³-hybridized carbons (Fsp3) is 0.625. The van der Waals surface area contributed by atoms with Crippen molar-refractivity contribution in [2.24, 2.45) is 0 Å². The van der Waals surface area contributed by atoms with Crippen molar-refractivity contribution in [1.82, 2.24) is 5.32 Å². The molecule has 1 aromatic rings. The number of morpholine rings is 1. The van der Waals surface area contributed by atoms with Crippen molar-refractivity contribution in [3.05, 3.63) is 29.6 Å². The minimum Gasteiger partial charge on any atom is -0.383 e. The molecule has 2 heterocycles. The average molecular weight is 294 g/mol. The van der Waals surface area contributed by atoms with E-state index in [0.717, 1.165) is 43.7 Å². The van der Waals surface area contributed by atoms with Crippen molar-refractivity contribution in [3.63, 3.8) is 0 Å². The van der Waals surface area contributed by atoms with Gasteiger partial charge in [-0.05, 0) is 36.6 Å². The molecule has 3 rings (SSSR count). The van der Waals surface area contributed by atoms with Gasteiger partial charge in [-0.2, -0.15) is 0 Å². The Labute approximate surface area is 125 Å². The van der Waals surface area contributed by atoms with Crippen LogP contribution in [0.15, 0.2) is 18.2 Å². The van der Waals surface area contributed by atoms with Crippen LogP contribution in [0.4, 0.5) is 10.1 Å². The molecule has 2 saturated heterocycles. The molecule has 2 aliphatic rings. The Kier molecular flexibility index (Phi) is 4.73. The summed E-state index contributed by atoms with van der Waals surface area (Å²) in [4.78, 5) is 2.35. The van der Waals surface area contributed by atoms with Crippen molar-refractivity contribution in [1.29, 1.82) is 0 Å². The van der Waals surface area contributed by atoms with E-state index < -0.39 is 0 Å². The number of fused-ring (bicyclic) bond motifs is 2. The summed E-state index contributed by atoms with van der Waals surface area (Å²) in [5.41, 5.74) is 2.13. The van der Waals surface area contributed by atoms with Crippen LogP contribution in [0.5, 0.6) is 0 Å². The Morgan fingerprint density at radius 3 is 2.81 bits per heavy atom. The fourth-order valence-corrected chi connectivity index (χ4v) is 3.21. The van der Waals surface area contributed by atoms with E-state index in [9.17, 15) is 4.39 Å². The Hall–Kier alpha value is -1.17. The zero-order valence-corrected chi connectivity index (χ0v) is 12.5. The van der Waals surface area contributed by atoms with Crippen molar-refractivity contribution >= 4 is 5.69 Å². The molecule has 0 spiro atoms. The Morgan fingerprint density at radius 1 is 1.33 bits per heavy atom. The quantitative estimate of drug-likeness (QED) is 0.813. The van der Waals surface area contributed by atoms with Crippen LogP contribution in [-0.2, 0) is 16.0 Å². The number of hydrogen-bond donors (Lipinski definition) is 1. The van der Waals surface area contributed by atoms with E-state index in [0.29, 0.717) is 25.4 Å². The van der Waals surface area contributed by atoms with Gasteiger partial charge in [0.2, 0.25) is 0 Å². The fourth-order valence-electron chi connectivity index (χ4n) is 3.21. The molecule has 116 valence electrons. The smallest absolute Gasteiger partial charge is 0.123 e. The highest BCUT2D eigenvalue weighted by molar-refractivity contribution is 5.54. The topological polar surface area (TPSA) is 33.7 Å². The first-order valence-corrected chi connectivity index (χ1v) is 7.65. The SMILES string of the molecule is COCCNCc1cc(F)ccc1N1CC2CCC(C1)O2. The predicted octanol–water partition coefficient (Wildman–Crippen LogP) is 1.93. The Balaban J connectivity index is 1.71. The van der Waals surface area contributed by atoms with Crippen LogP contribution >= 0.6 is 0 Å². The molecular formula is C16H23FN2O2. The van der Waals surface area contributed by atoms with Gasteiger partial charge in [-0.3, -0.25) is 0 Å². The molecule has 2 unspecified atom stereocenters. The van der Waals surface area contributed by atoms with Crippen LogP contribution in [0.25, 0.3) is 0 Å². The third-order valence-corrected chi connectivity index (χ3v) is 4.22. The third-order valence-electron chi connectivity index (χ3n) is 4.22. The van der Waals surface area contributed by atoms with Gasteiger partial charge in [-0.1, -0.05) is 0 Å². The molecule has 21 heavy (non-hydrogen) atoms. The molecule has 0 saturated carbocycles. The standard InChI is InChI=1S/C16H23FN2O2/c1-20-7-6-18-9-12-8-13(17)2-5-16(12)19-10-14-3-4-15(11-19)21-14/h2,5,8,14-15,18H,3-4,6-7,9-11H2,1H3. The molecular weight excluding hydrogens is 271 g/mol. The number of anilines is 1. The lowest BCUT2D eigenvalue weighted by molar-refractivity contribution is 0.0304. The second-order valence-corrected chi connectivity index (χ2v) is 5.81. The van der Waals surface area contributed by atoms with E-state index in [1.165, 1.54) is 0 Å². The van der Waals surface area contributed by atoms with E-state index in [1.54, 1.807) is 19.2 Å². The molecule has 2 bridgehead atoms. The number of rotatable bonds is 6. The normalized spacial score (nSPS) is 24.6. The number of halogens is 1. The number of nitrogens with one attached hydrogen (secondary N) is 1. The summed E-state index contributed by atoms with van der Waals surface area (Å²) in [7, 11) is 1.68. The van der Waals surface area contributed by atoms with Crippen LogP contribution in [0, 0.1) is 5.82 Å². The molecule has 5 heteroatoms. The number of methoxy groups -OCH3 is 1. The summed E-state index contributed by atoms with van der Waals surface area (Å²) < 4.78 is 24.5. The second kappa shape index (κ2) is 6.73. The van der Waals surface area contributed by atoms with Crippen LogP contribution in [0.1, 0.15) is 18.4 Å². The predicted molar refractivity (Wildman–Crippen MR) is 80.1 cm³/mol. The van der Waals surface area contributed by atoms with Gasteiger partial charge in [0.05, 0.1) is 18.8 Å². The lowest BCUT2D eigenvalue weighted by Gasteiger charge is -2.35. The van der Waals surface area contributed by atoms with E-state index in [4.69, 9.17) is 9.47 Å². The summed E-state index contributed by atoms with van der Waals surface area (Å²) in [5.74, 6) is -0.182. The molecule has 0 aliphatic carbocycles. The zero-order valence-electron chi connectivity index (χ0n) is 12.5. The van der Waals surface area contributed by atoms with Gasteiger partial charge in [0.15, 0.2) is 0 Å². The highest BCUT2D eigenvalue weighted by atomic mass is 19.1. The number of benzene rings is 1. The maximum absolute atomic E-state index is 13.6. The molecule has 0 amide bonds. The van der Waals surface area contributed by atoms with E-state index in [-0.39, 0.29) is 5.82 Å². The highest BCUT2D eigenvalue weighted by Gasteiger charge is 2.34. The molecule has 0 aromatic heterocycles.